The molecule has 0 spiro atoms. The third kappa shape index (κ3) is 23.0. The molecule has 1 rings (SSSR count). The van der Waals surface area contributed by atoms with Crippen molar-refractivity contribution in [3.63, 3.8) is 0 Å². The number of benzene rings is 1. The van der Waals surface area contributed by atoms with E-state index in [-0.39, 0.29) is 0 Å². The Hall–Kier alpha value is -1.33. The minimum Gasteiger partial charge on any atom is -0.388 e. The van der Waals surface area contributed by atoms with Crippen molar-refractivity contribution in [1.29, 1.82) is 5.26 Å². The molecule has 0 aliphatic heterocycles. The highest BCUT2D eigenvalue weighted by Gasteiger charge is 1.79. The second-order valence-electron chi connectivity index (χ2n) is 2.79. The first-order valence-corrected chi connectivity index (χ1v) is 5.36. The van der Waals surface area contributed by atoms with Gasteiger partial charge in [0.05, 0.1) is 6.07 Å². The van der Waals surface area contributed by atoms with Gasteiger partial charge in [-0.3, -0.25) is 0 Å². The second kappa shape index (κ2) is 19.3. The predicted molar refractivity (Wildman–Crippen MR) is 71.5 cm³/mol. The summed E-state index contributed by atoms with van der Waals surface area (Å²) in [6.07, 6.45) is 0. The second-order valence-corrected chi connectivity index (χ2v) is 2.79. The Kier molecular flexibility index (Phi) is 24.2. The molecule has 1 aromatic carbocycles. The van der Waals surface area contributed by atoms with Crippen molar-refractivity contribution in [3.05, 3.63) is 35.4 Å². The first-order valence-electron chi connectivity index (χ1n) is 5.36. The van der Waals surface area contributed by atoms with Crippen molar-refractivity contribution in [2.45, 2.75) is 34.6 Å². The summed E-state index contributed by atoms with van der Waals surface area (Å²) in [5.74, 6) is 0. The molecule has 0 amide bonds. The van der Waals surface area contributed by atoms with Crippen LogP contribution in [-0.2, 0) is 4.74 Å². The van der Waals surface area contributed by atoms with Gasteiger partial charge in [-0.05, 0) is 13.8 Å². The standard InChI is InChI=1S/C8H10.C2H3N.C2H6O.C2H6/c1-7-3-5-8(2)6-4-7;1-2-3;1-3-2;1-2/h3-6H,1-2H3;1H3;1-2H3;1-2H3. The van der Waals surface area contributed by atoms with E-state index in [9.17, 15) is 0 Å². The van der Waals surface area contributed by atoms with Crippen LogP contribution in [0, 0.1) is 25.2 Å². The first kappa shape index (κ1) is 20.1. The molecule has 0 aromatic heterocycles. The summed E-state index contributed by atoms with van der Waals surface area (Å²) in [6.45, 7) is 9.62. The summed E-state index contributed by atoms with van der Waals surface area (Å²) in [5, 5.41) is 7.32. The van der Waals surface area contributed by atoms with Gasteiger partial charge in [0.1, 0.15) is 0 Å². The number of ether oxygens (including phenoxy) is 1. The fourth-order valence-corrected chi connectivity index (χ4v) is 0.637. The third-order valence-electron chi connectivity index (χ3n) is 1.22. The van der Waals surface area contributed by atoms with Crippen LogP contribution >= 0.6 is 0 Å². The zero-order chi connectivity index (χ0) is 13.4. The Labute approximate surface area is 101 Å². The summed E-state index contributed by atoms with van der Waals surface area (Å²) in [4.78, 5) is 0. The van der Waals surface area contributed by atoms with Crippen molar-refractivity contribution in [1.82, 2.24) is 0 Å². The average molecular weight is 223 g/mol. The molecule has 0 heterocycles. The topological polar surface area (TPSA) is 33.0 Å². The molecule has 2 heteroatoms. The van der Waals surface area contributed by atoms with Gasteiger partial charge in [0.15, 0.2) is 0 Å². The molecule has 1 aromatic rings. The van der Waals surface area contributed by atoms with E-state index in [1.165, 1.54) is 18.1 Å². The molecule has 16 heavy (non-hydrogen) atoms. The minimum absolute atomic E-state index is 1.33. The number of nitriles is 1. The molecular formula is C14H25NO. The third-order valence-corrected chi connectivity index (χ3v) is 1.22. The molecule has 0 unspecified atom stereocenters. The quantitative estimate of drug-likeness (QED) is 0.662. The highest BCUT2D eigenvalue weighted by atomic mass is 16.4. The maximum atomic E-state index is 7.32. The molecule has 2 nitrogen and oxygen atoms in total. The van der Waals surface area contributed by atoms with Gasteiger partial charge < -0.3 is 4.74 Å². The number of hydrogen-bond acceptors (Lipinski definition) is 2. The zero-order valence-corrected chi connectivity index (χ0v) is 11.7. The maximum Gasteiger partial charge on any atom is 0.0587 e. The van der Waals surface area contributed by atoms with Crippen molar-refractivity contribution < 1.29 is 4.74 Å². The maximum absolute atomic E-state index is 7.32. The van der Waals surface area contributed by atoms with Gasteiger partial charge in [-0.1, -0.05) is 49.2 Å². The van der Waals surface area contributed by atoms with Crippen molar-refractivity contribution in [2.24, 2.45) is 0 Å². The molecule has 0 saturated carbocycles. The lowest BCUT2D eigenvalue weighted by Crippen LogP contribution is -1.70. The van der Waals surface area contributed by atoms with E-state index < -0.39 is 0 Å². The summed E-state index contributed by atoms with van der Waals surface area (Å²) >= 11 is 0. The van der Waals surface area contributed by atoms with Gasteiger partial charge in [0, 0.05) is 21.1 Å². The molecule has 0 fully saturated rings. The molecule has 0 aliphatic carbocycles. The van der Waals surface area contributed by atoms with Gasteiger partial charge in [-0.15, -0.1) is 0 Å². The van der Waals surface area contributed by atoms with E-state index in [0.717, 1.165) is 0 Å². The summed E-state index contributed by atoms with van der Waals surface area (Å²) < 4.78 is 4.25. The number of methoxy groups -OCH3 is 1. The van der Waals surface area contributed by atoms with Crippen LogP contribution < -0.4 is 0 Å². The highest BCUT2D eigenvalue weighted by molar-refractivity contribution is 5.19. The molecule has 0 bridgehead atoms. The minimum atomic E-state index is 1.33. The van der Waals surface area contributed by atoms with Gasteiger partial charge in [-0.2, -0.15) is 5.26 Å². The lowest BCUT2D eigenvalue weighted by molar-refractivity contribution is 0.277. The molecule has 0 saturated heterocycles. The van der Waals surface area contributed by atoms with Gasteiger partial charge in [-0.25, -0.2) is 0 Å². The Morgan fingerprint density at radius 3 is 1.19 bits per heavy atom. The highest BCUT2D eigenvalue weighted by Crippen LogP contribution is 1.99. The van der Waals surface area contributed by atoms with E-state index in [1.54, 1.807) is 20.3 Å². The van der Waals surface area contributed by atoms with Crippen LogP contribution in [-0.4, -0.2) is 14.2 Å². The number of rotatable bonds is 0. The zero-order valence-electron chi connectivity index (χ0n) is 11.7. The van der Waals surface area contributed by atoms with Crippen LogP contribution in [0.3, 0.4) is 0 Å². The van der Waals surface area contributed by atoms with Crippen LogP contribution in [0.25, 0.3) is 0 Å². The van der Waals surface area contributed by atoms with Crippen LogP contribution in [0.5, 0.6) is 0 Å². The largest absolute Gasteiger partial charge is 0.388 e. The summed E-state index contributed by atoms with van der Waals surface area (Å²) in [7, 11) is 3.25. The predicted octanol–water partition coefficient (Wildman–Crippen LogP) is 4.12. The van der Waals surface area contributed by atoms with Crippen LogP contribution in [0.15, 0.2) is 24.3 Å². The number of aryl methyl sites for hydroxylation is 2. The van der Waals surface area contributed by atoms with Crippen molar-refractivity contribution in [2.75, 3.05) is 14.2 Å². The van der Waals surface area contributed by atoms with Crippen LogP contribution in [0.2, 0.25) is 0 Å². The van der Waals surface area contributed by atoms with E-state index in [4.69, 9.17) is 5.26 Å². The van der Waals surface area contributed by atoms with Crippen molar-refractivity contribution >= 4 is 0 Å². The molecule has 0 radical (unpaired) electrons. The fourth-order valence-electron chi connectivity index (χ4n) is 0.637. The summed E-state index contributed by atoms with van der Waals surface area (Å²) in [6, 6.07) is 10.2. The van der Waals surface area contributed by atoms with E-state index in [2.05, 4.69) is 42.8 Å². The molecule has 0 N–H and O–H groups in total. The van der Waals surface area contributed by atoms with Crippen LogP contribution in [0.4, 0.5) is 0 Å². The van der Waals surface area contributed by atoms with E-state index in [0.29, 0.717) is 0 Å². The first-order chi connectivity index (χ1) is 7.62. The lowest BCUT2D eigenvalue weighted by Gasteiger charge is -1.90. The van der Waals surface area contributed by atoms with Gasteiger partial charge >= 0.3 is 0 Å². The Morgan fingerprint density at radius 2 is 1.06 bits per heavy atom. The Bertz CT molecular complexity index is 225. The Balaban J connectivity index is -0.000000179. The molecule has 0 atom stereocenters. The molecular weight excluding hydrogens is 198 g/mol. The van der Waals surface area contributed by atoms with Gasteiger partial charge in [0.25, 0.3) is 0 Å². The average Bonchev–Trinajstić information content (AvgIpc) is 2.28. The smallest absolute Gasteiger partial charge is 0.0587 e. The number of nitrogens with zero attached hydrogens (tertiary/aromatic N) is 1. The number of hydrogen-bond donors (Lipinski definition) is 0. The van der Waals surface area contributed by atoms with Gasteiger partial charge in [0.2, 0.25) is 0 Å². The molecule has 92 valence electrons. The van der Waals surface area contributed by atoms with Crippen molar-refractivity contribution in [3.8, 4) is 6.07 Å². The van der Waals surface area contributed by atoms with E-state index >= 15 is 0 Å². The molecule has 0 aliphatic rings. The summed E-state index contributed by atoms with van der Waals surface area (Å²) in [5.41, 5.74) is 2.66. The SMILES string of the molecule is CC.CC#N.COC.Cc1ccc(C)cc1. The van der Waals surface area contributed by atoms with Crippen LogP contribution in [0.1, 0.15) is 31.9 Å². The van der Waals surface area contributed by atoms with E-state index in [1.807, 2.05) is 13.8 Å². The lowest BCUT2D eigenvalue weighted by atomic mass is 10.2. The monoisotopic (exact) mass is 223 g/mol. The normalized spacial score (nSPS) is 6.62. The Morgan fingerprint density at radius 1 is 0.938 bits per heavy atom. The fraction of sp³-hybridized carbons (Fsp3) is 0.500.